The van der Waals surface area contributed by atoms with Crippen LogP contribution in [0.25, 0.3) is 0 Å². The third-order valence-corrected chi connectivity index (χ3v) is 5.62. The van der Waals surface area contributed by atoms with Gasteiger partial charge in [-0.15, -0.1) is 12.4 Å². The van der Waals surface area contributed by atoms with Crippen molar-refractivity contribution in [3.8, 4) is 0 Å². The molecule has 0 aromatic heterocycles. The molecule has 134 valence electrons. The Labute approximate surface area is 152 Å². The number of esters is 1. The maximum Gasteiger partial charge on any atom is 0.338 e. The minimum absolute atomic E-state index is 0. The van der Waals surface area contributed by atoms with Crippen LogP contribution in [0, 0.1) is 5.92 Å². The van der Waals surface area contributed by atoms with E-state index in [-0.39, 0.29) is 24.5 Å². The van der Waals surface area contributed by atoms with E-state index in [4.69, 9.17) is 4.74 Å². The minimum Gasteiger partial charge on any atom is -0.458 e. The number of ether oxygens (including phenoxy) is 1. The molecule has 1 aliphatic carbocycles. The molecule has 1 aliphatic heterocycles. The molecule has 4 atom stereocenters. The van der Waals surface area contributed by atoms with Crippen molar-refractivity contribution in [1.29, 1.82) is 0 Å². The predicted molar refractivity (Wildman–Crippen MR) is 99.7 cm³/mol. The molecule has 0 bridgehead atoms. The molecule has 2 fully saturated rings. The van der Waals surface area contributed by atoms with Crippen molar-refractivity contribution in [2.75, 3.05) is 6.54 Å². The summed E-state index contributed by atoms with van der Waals surface area (Å²) in [6.45, 7) is 5.78. The molecule has 1 aromatic rings. The lowest BCUT2D eigenvalue weighted by molar-refractivity contribution is -0.0598. The quantitative estimate of drug-likeness (QED) is 0.736. The van der Waals surface area contributed by atoms with Crippen LogP contribution >= 0.6 is 12.4 Å². The summed E-state index contributed by atoms with van der Waals surface area (Å²) in [5.74, 6) is 0.357. The van der Waals surface area contributed by atoms with Gasteiger partial charge in [-0.2, -0.15) is 0 Å². The van der Waals surface area contributed by atoms with E-state index < -0.39 is 0 Å². The van der Waals surface area contributed by atoms with Crippen molar-refractivity contribution in [1.82, 2.24) is 4.90 Å². The number of hydrogen-bond acceptors (Lipinski definition) is 3. The fourth-order valence-corrected chi connectivity index (χ4v) is 4.49. The molecule has 1 heterocycles. The molecule has 0 amide bonds. The molecule has 24 heavy (non-hydrogen) atoms. The molecule has 4 heteroatoms. The second kappa shape index (κ2) is 8.87. The Bertz CT molecular complexity index is 522. The Morgan fingerprint density at radius 2 is 1.92 bits per heavy atom. The van der Waals surface area contributed by atoms with Gasteiger partial charge in [0.2, 0.25) is 0 Å². The van der Waals surface area contributed by atoms with E-state index in [1.807, 2.05) is 30.3 Å². The minimum atomic E-state index is -0.156. The Morgan fingerprint density at radius 3 is 2.62 bits per heavy atom. The monoisotopic (exact) mass is 351 g/mol. The first-order chi connectivity index (χ1) is 11.2. The fourth-order valence-electron chi connectivity index (χ4n) is 4.49. The topological polar surface area (TPSA) is 29.5 Å². The fraction of sp³-hybridized carbons (Fsp3) is 0.650. The Morgan fingerprint density at radius 1 is 1.17 bits per heavy atom. The Balaban J connectivity index is 0.00000208. The lowest BCUT2D eigenvalue weighted by Crippen LogP contribution is -2.55. The van der Waals surface area contributed by atoms with Crippen molar-refractivity contribution in [2.45, 2.75) is 70.6 Å². The first-order valence-electron chi connectivity index (χ1n) is 9.22. The van der Waals surface area contributed by atoms with Gasteiger partial charge in [-0.05, 0) is 64.1 Å². The number of carbonyl (C=O) groups is 1. The zero-order chi connectivity index (χ0) is 16.2. The van der Waals surface area contributed by atoms with Gasteiger partial charge >= 0.3 is 5.97 Å². The van der Waals surface area contributed by atoms with Gasteiger partial charge in [-0.25, -0.2) is 4.79 Å². The van der Waals surface area contributed by atoms with E-state index in [1.165, 1.54) is 38.6 Å². The number of likely N-dealkylation sites (tertiary alicyclic amines) is 1. The second-order valence-electron chi connectivity index (χ2n) is 7.14. The van der Waals surface area contributed by atoms with Crippen molar-refractivity contribution < 1.29 is 9.53 Å². The first-order valence-corrected chi connectivity index (χ1v) is 9.22. The standard InChI is InChI=1S/C20H29NO2.ClH/c1-3-14-21-15(2)12-13-17-18(21)10-7-11-19(17)23-20(22)16-8-5-4-6-9-16;/h4-6,8-9,15,17-19H,3,7,10-14H2,1-2H3;1H/t15-,17+,18?,19?;/m1./s1. The lowest BCUT2D eigenvalue weighted by atomic mass is 9.74. The third kappa shape index (κ3) is 4.12. The van der Waals surface area contributed by atoms with Crippen molar-refractivity contribution in [3.63, 3.8) is 0 Å². The molecule has 1 saturated heterocycles. The highest BCUT2D eigenvalue weighted by Gasteiger charge is 2.42. The zero-order valence-corrected chi connectivity index (χ0v) is 15.6. The van der Waals surface area contributed by atoms with Gasteiger partial charge in [0.05, 0.1) is 5.56 Å². The van der Waals surface area contributed by atoms with Crippen molar-refractivity contribution in [3.05, 3.63) is 35.9 Å². The van der Waals surface area contributed by atoms with Gasteiger partial charge in [0, 0.05) is 18.0 Å². The summed E-state index contributed by atoms with van der Waals surface area (Å²) < 4.78 is 5.94. The number of carbonyl (C=O) groups excluding carboxylic acids is 1. The summed E-state index contributed by atoms with van der Waals surface area (Å²) in [7, 11) is 0. The normalized spacial score (nSPS) is 30.1. The van der Waals surface area contributed by atoms with Crippen LogP contribution in [0.1, 0.15) is 62.7 Å². The number of hydrogen-bond donors (Lipinski definition) is 0. The first kappa shape index (κ1) is 19.3. The van der Waals surface area contributed by atoms with Crippen LogP contribution in [-0.4, -0.2) is 35.6 Å². The highest BCUT2D eigenvalue weighted by Crippen LogP contribution is 2.39. The van der Waals surface area contributed by atoms with E-state index in [0.717, 1.165) is 6.42 Å². The maximum absolute atomic E-state index is 12.4. The summed E-state index contributed by atoms with van der Waals surface area (Å²) in [4.78, 5) is 15.1. The van der Waals surface area contributed by atoms with E-state index in [1.54, 1.807) is 0 Å². The summed E-state index contributed by atoms with van der Waals surface area (Å²) in [6, 6.07) is 10.7. The molecular weight excluding hydrogens is 322 g/mol. The van der Waals surface area contributed by atoms with Crippen LogP contribution in [0.15, 0.2) is 30.3 Å². The molecule has 3 nitrogen and oxygen atoms in total. The van der Waals surface area contributed by atoms with Crippen molar-refractivity contribution in [2.24, 2.45) is 5.92 Å². The average molecular weight is 352 g/mol. The molecule has 0 N–H and O–H groups in total. The SMILES string of the molecule is CCCN1C2CCCC(OC(=O)c3ccccc3)[C@H]2CC[C@H]1C.Cl. The summed E-state index contributed by atoms with van der Waals surface area (Å²) in [5.41, 5.74) is 0.671. The van der Waals surface area contributed by atoms with E-state index >= 15 is 0 Å². The zero-order valence-electron chi connectivity index (χ0n) is 14.8. The number of nitrogens with zero attached hydrogens (tertiary/aromatic N) is 1. The highest BCUT2D eigenvalue weighted by atomic mass is 35.5. The molecule has 1 aromatic carbocycles. The number of piperidine rings is 1. The van der Waals surface area contributed by atoms with Crippen LogP contribution in [0.3, 0.4) is 0 Å². The molecule has 0 radical (unpaired) electrons. The summed E-state index contributed by atoms with van der Waals surface area (Å²) in [5, 5.41) is 0. The number of fused-ring (bicyclic) bond motifs is 1. The van der Waals surface area contributed by atoms with E-state index in [0.29, 0.717) is 23.6 Å². The van der Waals surface area contributed by atoms with E-state index in [2.05, 4.69) is 18.7 Å². The maximum atomic E-state index is 12.4. The predicted octanol–water partition coefficient (Wildman–Crippen LogP) is 4.70. The van der Waals surface area contributed by atoms with Crippen LogP contribution in [-0.2, 0) is 4.74 Å². The van der Waals surface area contributed by atoms with Gasteiger partial charge < -0.3 is 4.74 Å². The largest absolute Gasteiger partial charge is 0.458 e. The molecule has 0 spiro atoms. The molecule has 3 rings (SSSR count). The van der Waals surface area contributed by atoms with Gasteiger partial charge in [-0.1, -0.05) is 25.1 Å². The average Bonchev–Trinajstić information content (AvgIpc) is 2.58. The van der Waals surface area contributed by atoms with Gasteiger partial charge in [0.15, 0.2) is 0 Å². The second-order valence-corrected chi connectivity index (χ2v) is 7.14. The summed E-state index contributed by atoms with van der Waals surface area (Å²) >= 11 is 0. The highest BCUT2D eigenvalue weighted by molar-refractivity contribution is 5.89. The van der Waals surface area contributed by atoms with Gasteiger partial charge in [0.25, 0.3) is 0 Å². The number of benzene rings is 1. The van der Waals surface area contributed by atoms with Crippen molar-refractivity contribution >= 4 is 18.4 Å². The van der Waals surface area contributed by atoms with Crippen LogP contribution in [0.4, 0.5) is 0 Å². The molecular formula is C20H30ClNO2. The smallest absolute Gasteiger partial charge is 0.338 e. The summed E-state index contributed by atoms with van der Waals surface area (Å²) in [6.07, 6.45) is 7.15. The van der Waals surface area contributed by atoms with Gasteiger partial charge in [-0.3, -0.25) is 4.90 Å². The van der Waals surface area contributed by atoms with E-state index in [9.17, 15) is 4.79 Å². The number of rotatable bonds is 4. The van der Waals surface area contributed by atoms with Crippen LogP contribution < -0.4 is 0 Å². The van der Waals surface area contributed by atoms with Gasteiger partial charge in [0.1, 0.15) is 6.10 Å². The Hall–Kier alpha value is -1.06. The number of halogens is 1. The molecule has 2 unspecified atom stereocenters. The van der Waals surface area contributed by atoms with Crippen LogP contribution in [0.5, 0.6) is 0 Å². The Kier molecular flexibility index (Phi) is 7.12. The third-order valence-electron chi connectivity index (χ3n) is 5.62. The molecule has 1 saturated carbocycles. The van der Waals surface area contributed by atoms with Crippen LogP contribution in [0.2, 0.25) is 0 Å². The lowest BCUT2D eigenvalue weighted by Gasteiger charge is -2.50. The molecule has 2 aliphatic rings.